The highest BCUT2D eigenvalue weighted by Gasteiger charge is 2.36. The van der Waals surface area contributed by atoms with Gasteiger partial charge in [-0.3, -0.25) is 9.20 Å². The Bertz CT molecular complexity index is 1010. The zero-order valence-electron chi connectivity index (χ0n) is 13.4. The highest BCUT2D eigenvalue weighted by atomic mass is 19.4. The van der Waals surface area contributed by atoms with E-state index in [-0.39, 0.29) is 11.0 Å². The number of primary amides is 1. The fourth-order valence-electron chi connectivity index (χ4n) is 3.11. The Labute approximate surface area is 144 Å². The first-order valence-corrected chi connectivity index (χ1v) is 7.86. The van der Waals surface area contributed by atoms with Gasteiger partial charge in [0, 0.05) is 26.2 Å². The van der Waals surface area contributed by atoms with Crippen molar-refractivity contribution >= 4 is 28.4 Å². The van der Waals surface area contributed by atoms with Gasteiger partial charge in [0.2, 0.25) is 11.6 Å². The molecule has 1 fully saturated rings. The van der Waals surface area contributed by atoms with Crippen molar-refractivity contribution in [3.05, 3.63) is 29.6 Å². The Morgan fingerprint density at radius 2 is 1.96 bits per heavy atom. The zero-order valence-corrected chi connectivity index (χ0v) is 13.4. The van der Waals surface area contributed by atoms with Gasteiger partial charge in [0.15, 0.2) is 5.82 Å². The number of hydrogen-bond acceptors (Lipinski definition) is 6. The molecular formula is C15H14F3N7O. The molecule has 26 heavy (non-hydrogen) atoms. The molecule has 0 radical (unpaired) electrons. The maximum absolute atomic E-state index is 13.3. The van der Waals surface area contributed by atoms with Gasteiger partial charge in [0.1, 0.15) is 6.33 Å². The van der Waals surface area contributed by atoms with Gasteiger partial charge in [0.05, 0.1) is 22.2 Å². The number of nitrogens with one attached hydrogen (secondary N) is 1. The molecular weight excluding hydrogens is 351 g/mol. The van der Waals surface area contributed by atoms with E-state index in [1.165, 1.54) is 10.7 Å². The summed E-state index contributed by atoms with van der Waals surface area (Å²) in [7, 11) is 0. The van der Waals surface area contributed by atoms with Crippen LogP contribution < -0.4 is 16.0 Å². The van der Waals surface area contributed by atoms with Crippen molar-refractivity contribution in [3.63, 3.8) is 0 Å². The summed E-state index contributed by atoms with van der Waals surface area (Å²) in [5, 5.41) is 11.0. The number of fused-ring (bicyclic) bond motifs is 3. The van der Waals surface area contributed by atoms with Crippen LogP contribution in [0.2, 0.25) is 0 Å². The van der Waals surface area contributed by atoms with Gasteiger partial charge in [-0.2, -0.15) is 13.2 Å². The van der Waals surface area contributed by atoms with E-state index >= 15 is 0 Å². The second-order valence-electron chi connectivity index (χ2n) is 5.95. The number of nitrogens with two attached hydrogens (primary N) is 1. The van der Waals surface area contributed by atoms with Crippen molar-refractivity contribution in [1.29, 1.82) is 0 Å². The number of piperazine rings is 1. The van der Waals surface area contributed by atoms with Crippen LogP contribution in [0.15, 0.2) is 18.5 Å². The molecule has 1 saturated heterocycles. The average Bonchev–Trinajstić information content (AvgIpc) is 3.09. The van der Waals surface area contributed by atoms with E-state index in [1.54, 1.807) is 0 Å². The van der Waals surface area contributed by atoms with Gasteiger partial charge >= 0.3 is 6.18 Å². The lowest BCUT2D eigenvalue weighted by Crippen LogP contribution is -2.44. The minimum atomic E-state index is -4.73. The third-order valence-corrected chi connectivity index (χ3v) is 4.34. The summed E-state index contributed by atoms with van der Waals surface area (Å²) in [5.41, 5.74) is 4.17. The first-order chi connectivity index (χ1) is 12.4. The standard InChI is InChI=1S/C15H14F3N7O/c16-15(17,18)9-6-11-10(5-8(9)12(19)26)22-13(14-23-21-7-25(11)14)24-3-1-20-2-4-24/h5-7,20H,1-4H2,(H2,19,26). The second kappa shape index (κ2) is 5.80. The Hall–Kier alpha value is -2.95. The lowest BCUT2D eigenvalue weighted by Gasteiger charge is -2.28. The van der Waals surface area contributed by atoms with E-state index in [4.69, 9.17) is 5.73 Å². The van der Waals surface area contributed by atoms with Crippen LogP contribution >= 0.6 is 0 Å². The van der Waals surface area contributed by atoms with Crippen molar-refractivity contribution in [1.82, 2.24) is 24.9 Å². The van der Waals surface area contributed by atoms with Crippen LogP contribution in [0.1, 0.15) is 15.9 Å². The molecule has 3 N–H and O–H groups in total. The third-order valence-electron chi connectivity index (χ3n) is 4.34. The molecule has 0 aliphatic carbocycles. The van der Waals surface area contributed by atoms with Crippen LogP contribution in [-0.2, 0) is 6.18 Å². The van der Waals surface area contributed by atoms with Gasteiger partial charge in [-0.15, -0.1) is 10.2 Å². The van der Waals surface area contributed by atoms with Gasteiger partial charge in [-0.25, -0.2) is 4.98 Å². The van der Waals surface area contributed by atoms with Crippen LogP contribution in [0.4, 0.5) is 19.0 Å². The van der Waals surface area contributed by atoms with Crippen LogP contribution in [0, 0.1) is 0 Å². The molecule has 1 aliphatic heterocycles. The fraction of sp³-hybridized carbons (Fsp3) is 0.333. The van der Waals surface area contributed by atoms with Crippen molar-refractivity contribution in [2.24, 2.45) is 5.73 Å². The first kappa shape index (κ1) is 16.5. The molecule has 3 heterocycles. The number of nitrogens with zero attached hydrogens (tertiary/aromatic N) is 5. The van der Waals surface area contributed by atoms with E-state index in [2.05, 4.69) is 20.5 Å². The molecule has 0 atom stereocenters. The molecule has 4 rings (SSSR count). The van der Waals surface area contributed by atoms with E-state index < -0.39 is 23.2 Å². The number of halogens is 3. The number of aromatic nitrogens is 4. The molecule has 3 aromatic rings. The molecule has 0 unspecified atom stereocenters. The quantitative estimate of drug-likeness (QED) is 0.697. The third kappa shape index (κ3) is 2.60. The Morgan fingerprint density at radius 1 is 1.23 bits per heavy atom. The second-order valence-corrected chi connectivity index (χ2v) is 5.95. The number of alkyl halides is 3. The minimum Gasteiger partial charge on any atom is -0.366 e. The van der Waals surface area contributed by atoms with Crippen molar-refractivity contribution in [2.45, 2.75) is 6.18 Å². The number of amides is 1. The predicted octanol–water partition coefficient (Wildman–Crippen LogP) is 0.805. The van der Waals surface area contributed by atoms with Crippen LogP contribution in [0.5, 0.6) is 0 Å². The molecule has 2 aromatic heterocycles. The highest BCUT2D eigenvalue weighted by Crippen LogP contribution is 2.35. The molecule has 1 amide bonds. The summed E-state index contributed by atoms with van der Waals surface area (Å²) in [6.45, 7) is 2.84. The van der Waals surface area contributed by atoms with Crippen LogP contribution in [-0.4, -0.2) is 51.7 Å². The number of rotatable bonds is 2. The largest absolute Gasteiger partial charge is 0.417 e. The summed E-state index contributed by atoms with van der Waals surface area (Å²) >= 11 is 0. The summed E-state index contributed by atoms with van der Waals surface area (Å²) in [6.07, 6.45) is -3.40. The van der Waals surface area contributed by atoms with Gasteiger partial charge in [-0.1, -0.05) is 0 Å². The topological polar surface area (TPSA) is 101 Å². The smallest absolute Gasteiger partial charge is 0.366 e. The molecule has 136 valence electrons. The summed E-state index contributed by atoms with van der Waals surface area (Å²) in [4.78, 5) is 18.0. The predicted molar refractivity (Wildman–Crippen MR) is 86.9 cm³/mol. The Morgan fingerprint density at radius 3 is 2.62 bits per heavy atom. The van der Waals surface area contributed by atoms with Gasteiger partial charge < -0.3 is 16.0 Å². The number of hydrogen-bond donors (Lipinski definition) is 2. The fourth-order valence-corrected chi connectivity index (χ4v) is 3.11. The van der Waals surface area contributed by atoms with Crippen molar-refractivity contribution in [2.75, 3.05) is 31.1 Å². The molecule has 1 aliphatic rings. The lowest BCUT2D eigenvalue weighted by molar-refractivity contribution is -0.137. The van der Waals surface area contributed by atoms with Crippen LogP contribution in [0.25, 0.3) is 16.7 Å². The number of anilines is 1. The number of carbonyl (C=O) groups excluding carboxylic acids is 1. The Balaban J connectivity index is 2.02. The molecule has 8 nitrogen and oxygen atoms in total. The lowest BCUT2D eigenvalue weighted by atomic mass is 10.0. The van der Waals surface area contributed by atoms with Crippen LogP contribution in [0.3, 0.4) is 0 Å². The molecule has 0 saturated carbocycles. The van der Waals surface area contributed by atoms with Gasteiger partial charge in [-0.05, 0) is 12.1 Å². The van der Waals surface area contributed by atoms with Crippen molar-refractivity contribution in [3.8, 4) is 0 Å². The monoisotopic (exact) mass is 365 g/mol. The number of carbonyl (C=O) groups is 1. The van der Waals surface area contributed by atoms with E-state index in [0.717, 1.165) is 25.2 Å². The number of benzene rings is 1. The normalized spacial score (nSPS) is 15.7. The van der Waals surface area contributed by atoms with Gasteiger partial charge in [0.25, 0.3) is 0 Å². The molecule has 1 aromatic carbocycles. The average molecular weight is 365 g/mol. The maximum atomic E-state index is 13.3. The maximum Gasteiger partial charge on any atom is 0.417 e. The van der Waals surface area contributed by atoms with E-state index in [1.807, 2.05) is 4.90 Å². The molecule has 0 bridgehead atoms. The Kier molecular flexibility index (Phi) is 3.68. The summed E-state index contributed by atoms with van der Waals surface area (Å²) < 4.78 is 41.5. The summed E-state index contributed by atoms with van der Waals surface area (Å²) in [6, 6.07) is 1.94. The SMILES string of the molecule is NC(=O)c1cc2nc(N3CCNCC3)c3nncn3c2cc1C(F)(F)F. The minimum absolute atomic E-state index is 0.154. The summed E-state index contributed by atoms with van der Waals surface area (Å²) in [5.74, 6) is -0.653. The zero-order chi connectivity index (χ0) is 18.5. The van der Waals surface area contributed by atoms with E-state index in [9.17, 15) is 18.0 Å². The molecule has 11 heteroatoms. The highest BCUT2D eigenvalue weighted by molar-refractivity contribution is 5.99. The van der Waals surface area contributed by atoms with E-state index in [0.29, 0.717) is 24.6 Å². The van der Waals surface area contributed by atoms with Crippen molar-refractivity contribution < 1.29 is 18.0 Å². The molecule has 0 spiro atoms. The first-order valence-electron chi connectivity index (χ1n) is 7.86.